The number of benzene rings is 3. The largest absolute Gasteiger partial charge is 0.462 e. The highest BCUT2D eigenvalue weighted by Crippen LogP contribution is 2.37. The molecular weight excluding hydrogens is 535 g/mol. The van der Waals surface area contributed by atoms with E-state index in [1.54, 1.807) is 32.0 Å². The first-order valence-corrected chi connectivity index (χ1v) is 14.0. The fraction of sp³-hybridized carbons (Fsp3) is 0.167. The van der Waals surface area contributed by atoms with Gasteiger partial charge in [0.2, 0.25) is 5.91 Å². The quantitative estimate of drug-likeness (QED) is 0.164. The molecule has 1 aromatic heterocycles. The second-order valence-corrected chi connectivity index (χ2v) is 11.0. The van der Waals surface area contributed by atoms with E-state index in [4.69, 9.17) is 4.74 Å². The van der Waals surface area contributed by atoms with Crippen LogP contribution in [0.25, 0.3) is 11.1 Å². The summed E-state index contributed by atoms with van der Waals surface area (Å²) in [5, 5.41) is 7.46. The summed E-state index contributed by atoms with van der Waals surface area (Å²) in [6, 6.07) is 20.2. The minimum Gasteiger partial charge on any atom is -0.462 e. The van der Waals surface area contributed by atoms with Crippen LogP contribution in [0.15, 0.2) is 83.1 Å². The number of rotatable bonds is 9. The van der Waals surface area contributed by atoms with E-state index in [9.17, 15) is 18.8 Å². The van der Waals surface area contributed by atoms with Gasteiger partial charge in [-0.1, -0.05) is 35.9 Å². The zero-order valence-corrected chi connectivity index (χ0v) is 23.3. The second kappa shape index (κ2) is 12.7. The number of thiophene rings is 1. The molecule has 0 aliphatic carbocycles. The van der Waals surface area contributed by atoms with Gasteiger partial charge in [0, 0.05) is 27.1 Å². The summed E-state index contributed by atoms with van der Waals surface area (Å²) in [6.45, 7) is 5.71. The Balaban J connectivity index is 1.46. The molecule has 6 nitrogen and oxygen atoms in total. The van der Waals surface area contributed by atoms with Crippen molar-refractivity contribution >= 4 is 51.6 Å². The van der Waals surface area contributed by atoms with E-state index in [-0.39, 0.29) is 18.4 Å². The maximum atomic E-state index is 13.2. The highest BCUT2D eigenvalue weighted by molar-refractivity contribution is 8.00. The van der Waals surface area contributed by atoms with Gasteiger partial charge in [0.05, 0.1) is 11.9 Å². The average Bonchev–Trinajstić information content (AvgIpc) is 3.33. The van der Waals surface area contributed by atoms with Gasteiger partial charge in [-0.3, -0.25) is 9.59 Å². The lowest BCUT2D eigenvalue weighted by Gasteiger charge is -2.14. The number of anilines is 2. The normalized spacial score (nSPS) is 11.5. The van der Waals surface area contributed by atoms with E-state index in [2.05, 4.69) is 10.6 Å². The summed E-state index contributed by atoms with van der Waals surface area (Å²) in [5.41, 5.74) is 3.89. The Hall–Kier alpha value is -3.95. The third-order valence-corrected chi connectivity index (χ3v) is 7.74. The van der Waals surface area contributed by atoms with Crippen molar-refractivity contribution in [3.63, 3.8) is 0 Å². The molecule has 0 fully saturated rings. The Bertz CT molecular complexity index is 1480. The van der Waals surface area contributed by atoms with Gasteiger partial charge < -0.3 is 15.4 Å². The number of carbonyl (C=O) groups excluding carboxylic acids is 3. The minimum absolute atomic E-state index is 0.218. The number of esters is 1. The first-order valence-electron chi connectivity index (χ1n) is 12.2. The van der Waals surface area contributed by atoms with E-state index in [0.717, 1.165) is 16.0 Å². The molecule has 39 heavy (non-hydrogen) atoms. The molecule has 4 aromatic rings. The van der Waals surface area contributed by atoms with Crippen LogP contribution >= 0.6 is 23.1 Å². The van der Waals surface area contributed by atoms with Gasteiger partial charge in [-0.05, 0) is 68.8 Å². The van der Waals surface area contributed by atoms with Gasteiger partial charge in [0.25, 0.3) is 5.91 Å². The summed E-state index contributed by atoms with van der Waals surface area (Å²) in [5.74, 6) is -1.55. The Labute approximate surface area is 234 Å². The first kappa shape index (κ1) is 28.1. The molecule has 2 amide bonds. The summed E-state index contributed by atoms with van der Waals surface area (Å²) in [4.78, 5) is 39.2. The number of hydrogen-bond donors (Lipinski definition) is 2. The van der Waals surface area contributed by atoms with Crippen LogP contribution in [0.4, 0.5) is 15.1 Å². The number of nitrogens with one attached hydrogen (secondary N) is 2. The second-order valence-electron chi connectivity index (χ2n) is 8.68. The summed E-state index contributed by atoms with van der Waals surface area (Å²) in [6.07, 6.45) is 0. The van der Waals surface area contributed by atoms with E-state index in [1.165, 1.54) is 47.4 Å². The van der Waals surface area contributed by atoms with Crippen LogP contribution in [0, 0.1) is 12.7 Å². The number of carbonyl (C=O) groups is 3. The van der Waals surface area contributed by atoms with Gasteiger partial charge in [-0.25, -0.2) is 9.18 Å². The molecule has 0 bridgehead atoms. The molecule has 1 atom stereocenters. The first-order chi connectivity index (χ1) is 18.7. The fourth-order valence-electron chi connectivity index (χ4n) is 3.72. The molecule has 0 spiro atoms. The number of thioether (sulfide) groups is 1. The number of ether oxygens (including phenoxy) is 1. The van der Waals surface area contributed by atoms with Crippen LogP contribution in [0.2, 0.25) is 0 Å². The van der Waals surface area contributed by atoms with Crippen LogP contribution in [-0.4, -0.2) is 29.6 Å². The zero-order chi connectivity index (χ0) is 27.9. The van der Waals surface area contributed by atoms with Crippen molar-refractivity contribution in [3.8, 4) is 11.1 Å². The zero-order valence-electron chi connectivity index (χ0n) is 21.6. The van der Waals surface area contributed by atoms with Crippen LogP contribution in [0.1, 0.15) is 40.1 Å². The molecule has 0 aliphatic heterocycles. The molecule has 3 aromatic carbocycles. The third-order valence-electron chi connectivity index (χ3n) is 5.75. The van der Waals surface area contributed by atoms with Crippen molar-refractivity contribution in [2.75, 3.05) is 17.2 Å². The monoisotopic (exact) mass is 562 g/mol. The third kappa shape index (κ3) is 7.13. The van der Waals surface area contributed by atoms with Gasteiger partial charge in [-0.2, -0.15) is 0 Å². The van der Waals surface area contributed by atoms with E-state index in [0.29, 0.717) is 27.4 Å². The number of hydrogen-bond acceptors (Lipinski definition) is 6. The number of amides is 2. The summed E-state index contributed by atoms with van der Waals surface area (Å²) >= 11 is 2.59. The number of aryl methyl sites for hydroxylation is 1. The van der Waals surface area contributed by atoms with E-state index < -0.39 is 17.0 Å². The molecule has 4 rings (SSSR count). The van der Waals surface area contributed by atoms with Crippen LogP contribution in [-0.2, 0) is 9.53 Å². The predicted molar refractivity (Wildman–Crippen MR) is 155 cm³/mol. The highest BCUT2D eigenvalue weighted by atomic mass is 32.2. The standard InChI is InChI=1S/C30H27FN2O4S2/c1-4-37-30(36)26-25(20-10-8-18(2)9-11-20)17-38-29(26)33-27(34)19(3)39-24-7-5-6-23(16-24)32-28(35)21-12-14-22(31)15-13-21/h5-17,19H,4H2,1-3H3,(H,32,35)(H,33,34). The van der Waals surface area contributed by atoms with E-state index >= 15 is 0 Å². The molecule has 200 valence electrons. The SMILES string of the molecule is CCOC(=O)c1c(-c2ccc(C)cc2)csc1NC(=O)C(C)Sc1cccc(NC(=O)c2ccc(F)cc2)c1. The fourth-order valence-corrected chi connectivity index (χ4v) is 5.61. The lowest BCUT2D eigenvalue weighted by Crippen LogP contribution is -2.23. The molecule has 0 saturated heterocycles. The van der Waals surface area contributed by atoms with Gasteiger partial charge >= 0.3 is 5.97 Å². The molecule has 2 N–H and O–H groups in total. The van der Waals surface area contributed by atoms with Crippen molar-refractivity contribution < 1.29 is 23.5 Å². The van der Waals surface area contributed by atoms with E-state index in [1.807, 2.05) is 42.6 Å². The summed E-state index contributed by atoms with van der Waals surface area (Å²) in [7, 11) is 0. The topological polar surface area (TPSA) is 84.5 Å². The Morgan fingerprint density at radius 3 is 2.41 bits per heavy atom. The molecule has 9 heteroatoms. The Morgan fingerprint density at radius 1 is 1.00 bits per heavy atom. The lowest BCUT2D eigenvalue weighted by molar-refractivity contribution is -0.115. The molecule has 1 heterocycles. The molecule has 0 saturated carbocycles. The highest BCUT2D eigenvalue weighted by Gasteiger charge is 2.24. The maximum Gasteiger partial charge on any atom is 0.341 e. The van der Waals surface area contributed by atoms with Gasteiger partial charge in [0.15, 0.2) is 0 Å². The van der Waals surface area contributed by atoms with Crippen molar-refractivity contribution in [3.05, 3.63) is 101 Å². The van der Waals surface area contributed by atoms with Crippen LogP contribution in [0.5, 0.6) is 0 Å². The van der Waals surface area contributed by atoms with Crippen molar-refractivity contribution in [1.29, 1.82) is 0 Å². The predicted octanol–water partition coefficient (Wildman–Crippen LogP) is 7.41. The van der Waals surface area contributed by atoms with Crippen molar-refractivity contribution in [2.45, 2.75) is 30.9 Å². The smallest absolute Gasteiger partial charge is 0.341 e. The van der Waals surface area contributed by atoms with Crippen molar-refractivity contribution in [2.24, 2.45) is 0 Å². The average molecular weight is 563 g/mol. The Morgan fingerprint density at radius 2 is 1.72 bits per heavy atom. The minimum atomic E-state index is -0.506. The molecule has 0 aliphatic rings. The van der Waals surface area contributed by atoms with Crippen LogP contribution in [0.3, 0.4) is 0 Å². The van der Waals surface area contributed by atoms with Crippen molar-refractivity contribution in [1.82, 2.24) is 0 Å². The summed E-state index contributed by atoms with van der Waals surface area (Å²) < 4.78 is 18.4. The van der Waals surface area contributed by atoms with Gasteiger partial charge in [-0.15, -0.1) is 23.1 Å². The van der Waals surface area contributed by atoms with Gasteiger partial charge in [0.1, 0.15) is 16.4 Å². The van der Waals surface area contributed by atoms with Crippen LogP contribution < -0.4 is 10.6 Å². The molecular formula is C30H27FN2O4S2. The molecule has 0 radical (unpaired) electrons. The molecule has 1 unspecified atom stereocenters. The Kier molecular flexibility index (Phi) is 9.16. The lowest BCUT2D eigenvalue weighted by atomic mass is 10.0. The number of halogens is 1. The maximum absolute atomic E-state index is 13.2.